The second-order valence-corrected chi connectivity index (χ2v) is 5.26. The highest BCUT2D eigenvalue weighted by molar-refractivity contribution is 5.85. The third-order valence-electron chi connectivity index (χ3n) is 1.97. The summed E-state index contributed by atoms with van der Waals surface area (Å²) in [6, 6.07) is -0.565. The quantitative estimate of drug-likeness (QED) is 0.828. The molecule has 0 aliphatic heterocycles. The van der Waals surface area contributed by atoms with Crippen LogP contribution in [0, 0.1) is 5.92 Å². The topological polar surface area (TPSA) is 67.4 Å². The minimum absolute atomic E-state index is 0.00840. The molecule has 0 bridgehead atoms. The summed E-state index contributed by atoms with van der Waals surface area (Å²) < 4.78 is 5.12. The lowest BCUT2D eigenvalue weighted by Gasteiger charge is -2.25. The molecule has 0 rings (SSSR count). The van der Waals surface area contributed by atoms with Crippen molar-refractivity contribution in [2.24, 2.45) is 5.92 Å². The molecule has 0 heterocycles. The van der Waals surface area contributed by atoms with Crippen molar-refractivity contribution in [2.45, 2.75) is 67.0 Å². The molecule has 0 saturated heterocycles. The fourth-order valence-corrected chi connectivity index (χ4v) is 1.25. The number of alkyl carbamates (subject to hydrolysis) is 1. The monoisotopic (exact) mass is 274 g/mol. The number of amides is 2. The van der Waals surface area contributed by atoms with Gasteiger partial charge in [-0.2, -0.15) is 0 Å². The Bertz CT molecular complexity index is 270. The average Bonchev–Trinajstić information content (AvgIpc) is 2.26. The molecule has 19 heavy (non-hydrogen) atoms. The predicted octanol–water partition coefficient (Wildman–Crippen LogP) is 2.70. The van der Waals surface area contributed by atoms with E-state index in [1.807, 2.05) is 34.6 Å². The summed E-state index contributed by atoms with van der Waals surface area (Å²) >= 11 is 0. The lowest BCUT2D eigenvalue weighted by Crippen LogP contribution is -2.50. The van der Waals surface area contributed by atoms with Gasteiger partial charge in [0.2, 0.25) is 5.91 Å². The standard InChI is InChI=1S/C12H24N2O3.C2H6/c1-7-13-10(15)9(8(2)3)14-11(16)17-12(4,5)6;1-2/h8-9H,7H2,1-6H3,(H,13,15)(H,14,16);1-2H3. The average molecular weight is 274 g/mol. The summed E-state index contributed by atoms with van der Waals surface area (Å²) in [4.78, 5) is 23.3. The molecule has 0 saturated carbocycles. The van der Waals surface area contributed by atoms with E-state index in [0.29, 0.717) is 6.54 Å². The van der Waals surface area contributed by atoms with Gasteiger partial charge in [0.05, 0.1) is 0 Å². The Hall–Kier alpha value is -1.26. The second-order valence-electron chi connectivity index (χ2n) is 5.26. The van der Waals surface area contributed by atoms with E-state index in [0.717, 1.165) is 0 Å². The van der Waals surface area contributed by atoms with E-state index in [1.165, 1.54) is 0 Å². The molecule has 0 aliphatic carbocycles. The molecule has 114 valence electrons. The molecule has 0 aromatic carbocycles. The van der Waals surface area contributed by atoms with Gasteiger partial charge in [-0.15, -0.1) is 0 Å². The van der Waals surface area contributed by atoms with E-state index in [9.17, 15) is 9.59 Å². The molecule has 2 amide bonds. The van der Waals surface area contributed by atoms with Gasteiger partial charge >= 0.3 is 6.09 Å². The molecule has 0 aromatic rings. The lowest BCUT2D eigenvalue weighted by molar-refractivity contribution is -0.124. The first-order valence-corrected chi connectivity index (χ1v) is 6.94. The number of carbonyl (C=O) groups excluding carboxylic acids is 2. The van der Waals surface area contributed by atoms with Crippen molar-refractivity contribution in [1.29, 1.82) is 0 Å². The maximum absolute atomic E-state index is 11.7. The van der Waals surface area contributed by atoms with Crippen LogP contribution >= 0.6 is 0 Å². The molecule has 1 atom stereocenters. The Morgan fingerprint density at radius 2 is 1.63 bits per heavy atom. The van der Waals surface area contributed by atoms with Gasteiger partial charge in [-0.05, 0) is 33.6 Å². The van der Waals surface area contributed by atoms with E-state index >= 15 is 0 Å². The number of hydrogen-bond donors (Lipinski definition) is 2. The van der Waals surface area contributed by atoms with Crippen molar-refractivity contribution >= 4 is 12.0 Å². The van der Waals surface area contributed by atoms with Gasteiger partial charge < -0.3 is 15.4 Å². The third-order valence-corrected chi connectivity index (χ3v) is 1.97. The molecule has 0 spiro atoms. The fourth-order valence-electron chi connectivity index (χ4n) is 1.25. The molecule has 2 N–H and O–H groups in total. The van der Waals surface area contributed by atoms with Crippen molar-refractivity contribution in [2.75, 3.05) is 6.54 Å². The van der Waals surface area contributed by atoms with Crippen LogP contribution in [0.3, 0.4) is 0 Å². The Morgan fingerprint density at radius 3 is 1.95 bits per heavy atom. The Balaban J connectivity index is 0. The zero-order valence-corrected chi connectivity index (χ0v) is 13.6. The van der Waals surface area contributed by atoms with Crippen molar-refractivity contribution in [3.63, 3.8) is 0 Å². The van der Waals surface area contributed by atoms with E-state index in [2.05, 4.69) is 10.6 Å². The summed E-state index contributed by atoms with van der Waals surface area (Å²) in [7, 11) is 0. The predicted molar refractivity (Wildman–Crippen MR) is 78.0 cm³/mol. The molecular weight excluding hydrogens is 244 g/mol. The number of likely N-dealkylation sites (N-methyl/N-ethyl adjacent to an activating group) is 1. The van der Waals surface area contributed by atoms with Crippen LogP contribution in [0.15, 0.2) is 0 Å². The smallest absolute Gasteiger partial charge is 0.408 e. The van der Waals surface area contributed by atoms with Gasteiger partial charge in [-0.25, -0.2) is 4.79 Å². The van der Waals surface area contributed by atoms with E-state index in [1.54, 1.807) is 20.8 Å². The highest BCUT2D eigenvalue weighted by Crippen LogP contribution is 2.08. The summed E-state index contributed by atoms with van der Waals surface area (Å²) in [6.07, 6.45) is -0.567. The van der Waals surface area contributed by atoms with E-state index < -0.39 is 17.7 Å². The minimum Gasteiger partial charge on any atom is -0.444 e. The highest BCUT2D eigenvalue weighted by Gasteiger charge is 2.26. The molecule has 5 nitrogen and oxygen atoms in total. The Kier molecular flexibility index (Phi) is 10.2. The molecular formula is C14H30N2O3. The first-order valence-electron chi connectivity index (χ1n) is 6.94. The SMILES string of the molecule is CC.CCNC(=O)C(NC(=O)OC(C)(C)C)C(C)C. The maximum atomic E-state index is 11.7. The first kappa shape index (κ1) is 20.1. The van der Waals surface area contributed by atoms with Crippen LogP contribution in [0.25, 0.3) is 0 Å². The Morgan fingerprint density at radius 1 is 1.16 bits per heavy atom. The van der Waals surface area contributed by atoms with Gasteiger partial charge in [-0.3, -0.25) is 4.79 Å². The van der Waals surface area contributed by atoms with Crippen LogP contribution in [0.4, 0.5) is 4.79 Å². The molecule has 0 radical (unpaired) electrons. The summed E-state index contributed by atoms with van der Waals surface area (Å²) in [5.74, 6) is -0.178. The van der Waals surface area contributed by atoms with E-state index in [4.69, 9.17) is 4.74 Å². The highest BCUT2D eigenvalue weighted by atomic mass is 16.6. The van der Waals surface area contributed by atoms with Crippen molar-refractivity contribution in [3.05, 3.63) is 0 Å². The second kappa shape index (κ2) is 9.64. The normalized spacial score (nSPS) is 12.1. The molecule has 0 aromatic heterocycles. The zero-order valence-electron chi connectivity index (χ0n) is 13.6. The van der Waals surface area contributed by atoms with Gasteiger partial charge in [0.25, 0.3) is 0 Å². The van der Waals surface area contributed by atoms with Gasteiger partial charge in [0.1, 0.15) is 11.6 Å². The van der Waals surface area contributed by atoms with Crippen LogP contribution in [0.2, 0.25) is 0 Å². The maximum Gasteiger partial charge on any atom is 0.408 e. The third kappa shape index (κ3) is 10.4. The summed E-state index contributed by atoms with van der Waals surface area (Å²) in [5, 5.41) is 5.27. The lowest BCUT2D eigenvalue weighted by atomic mass is 10.0. The molecule has 1 unspecified atom stereocenters. The summed E-state index contributed by atoms with van der Waals surface area (Å²) in [6.45, 7) is 15.5. The van der Waals surface area contributed by atoms with Crippen LogP contribution in [-0.2, 0) is 9.53 Å². The van der Waals surface area contributed by atoms with E-state index in [-0.39, 0.29) is 11.8 Å². The largest absolute Gasteiger partial charge is 0.444 e. The Labute approximate surface area is 117 Å². The number of rotatable bonds is 4. The van der Waals surface area contributed by atoms with Crippen LogP contribution in [-0.4, -0.2) is 30.2 Å². The summed E-state index contributed by atoms with van der Waals surface area (Å²) in [5.41, 5.74) is -0.563. The van der Waals surface area contributed by atoms with Crippen LogP contribution < -0.4 is 10.6 Å². The van der Waals surface area contributed by atoms with Crippen molar-refractivity contribution in [1.82, 2.24) is 10.6 Å². The van der Waals surface area contributed by atoms with Gasteiger partial charge in [0.15, 0.2) is 0 Å². The van der Waals surface area contributed by atoms with Crippen LogP contribution in [0.5, 0.6) is 0 Å². The molecule has 0 aliphatic rings. The van der Waals surface area contributed by atoms with Crippen molar-refractivity contribution in [3.8, 4) is 0 Å². The van der Waals surface area contributed by atoms with Gasteiger partial charge in [0, 0.05) is 6.54 Å². The molecule has 0 fully saturated rings. The van der Waals surface area contributed by atoms with Gasteiger partial charge in [-0.1, -0.05) is 27.7 Å². The number of carbonyl (C=O) groups is 2. The number of hydrogen-bond acceptors (Lipinski definition) is 3. The van der Waals surface area contributed by atoms with Crippen molar-refractivity contribution < 1.29 is 14.3 Å². The fraction of sp³-hybridized carbons (Fsp3) is 0.857. The first-order chi connectivity index (χ1) is 8.67. The minimum atomic E-state index is -0.567. The van der Waals surface area contributed by atoms with Crippen LogP contribution in [0.1, 0.15) is 55.4 Å². The number of ether oxygens (including phenoxy) is 1. The number of nitrogens with one attached hydrogen (secondary N) is 2. The zero-order chi connectivity index (χ0) is 15.6. The molecule has 5 heteroatoms.